The minimum Gasteiger partial charge on any atom is -0.368 e. The van der Waals surface area contributed by atoms with Crippen LogP contribution in [0.25, 0.3) is 0 Å². The van der Waals surface area contributed by atoms with E-state index >= 15 is 0 Å². The summed E-state index contributed by atoms with van der Waals surface area (Å²) >= 11 is 0. The van der Waals surface area contributed by atoms with Crippen molar-refractivity contribution in [2.45, 2.75) is 57.0 Å². The smallest absolute Gasteiger partial charge is 0.248 e. The molecule has 0 amide bonds. The molecule has 110 valence electrons. The maximum absolute atomic E-state index is 13.3. The van der Waals surface area contributed by atoms with Gasteiger partial charge in [0.15, 0.2) is 0 Å². The molecule has 1 aliphatic heterocycles. The number of hydrogen-bond acceptors (Lipinski definition) is 2. The van der Waals surface area contributed by atoms with Gasteiger partial charge >= 0.3 is 0 Å². The number of hydrogen-bond donors (Lipinski definition) is 1. The molecule has 1 fully saturated rings. The summed E-state index contributed by atoms with van der Waals surface area (Å²) in [6.45, 7) is 2.94. The fourth-order valence-corrected chi connectivity index (χ4v) is 3.45. The highest BCUT2D eigenvalue weighted by Crippen LogP contribution is 2.39. The molecule has 1 atom stereocenters. The first-order valence-corrected chi connectivity index (χ1v) is 7.49. The highest BCUT2D eigenvalue weighted by molar-refractivity contribution is 5.60. The Kier molecular flexibility index (Phi) is 3.44. The first-order valence-electron chi connectivity index (χ1n) is 7.49. The van der Waals surface area contributed by atoms with Crippen LogP contribution in [-0.4, -0.2) is 18.5 Å². The molecule has 20 heavy (non-hydrogen) atoms. The summed E-state index contributed by atoms with van der Waals surface area (Å²) < 4.78 is 26.5. The van der Waals surface area contributed by atoms with Crippen LogP contribution >= 0.6 is 0 Å². The lowest BCUT2D eigenvalue weighted by Crippen LogP contribution is -2.39. The van der Waals surface area contributed by atoms with E-state index in [1.165, 1.54) is 11.3 Å². The molecule has 0 bridgehead atoms. The molecule has 1 saturated carbocycles. The predicted molar refractivity (Wildman–Crippen MR) is 77.3 cm³/mol. The van der Waals surface area contributed by atoms with Gasteiger partial charge in [0.2, 0.25) is 5.92 Å². The molecule has 1 aliphatic carbocycles. The van der Waals surface area contributed by atoms with Crippen molar-refractivity contribution in [2.75, 3.05) is 11.4 Å². The third-order valence-electron chi connectivity index (χ3n) is 4.69. The lowest BCUT2D eigenvalue weighted by molar-refractivity contribution is -0.0379. The number of anilines is 1. The Morgan fingerprint density at radius 2 is 2.00 bits per heavy atom. The molecule has 0 unspecified atom stereocenters. The number of rotatable bonds is 2. The first-order chi connectivity index (χ1) is 9.46. The normalized spacial score (nSPS) is 23.7. The zero-order valence-corrected chi connectivity index (χ0v) is 11.9. The van der Waals surface area contributed by atoms with Crippen LogP contribution in [0, 0.1) is 0 Å². The molecule has 1 heterocycles. The van der Waals surface area contributed by atoms with Gasteiger partial charge in [-0.3, -0.25) is 0 Å². The number of halogens is 2. The molecule has 0 saturated heterocycles. The second-order valence-electron chi connectivity index (χ2n) is 6.21. The van der Waals surface area contributed by atoms with Gasteiger partial charge in [0.25, 0.3) is 0 Å². The van der Waals surface area contributed by atoms with Crippen molar-refractivity contribution in [3.8, 4) is 0 Å². The van der Waals surface area contributed by atoms with E-state index in [2.05, 4.69) is 23.1 Å². The first kappa shape index (κ1) is 13.8. The topological polar surface area (TPSA) is 29.3 Å². The molecule has 1 aromatic rings. The van der Waals surface area contributed by atoms with E-state index in [1.807, 2.05) is 6.92 Å². The maximum Gasteiger partial charge on any atom is 0.248 e. The van der Waals surface area contributed by atoms with Crippen molar-refractivity contribution in [3.63, 3.8) is 0 Å². The third kappa shape index (κ3) is 2.53. The largest absolute Gasteiger partial charge is 0.368 e. The van der Waals surface area contributed by atoms with E-state index in [9.17, 15) is 8.78 Å². The van der Waals surface area contributed by atoms with Crippen LogP contribution in [0.1, 0.15) is 49.8 Å². The fraction of sp³-hybridized carbons (Fsp3) is 0.625. The molecule has 0 radical (unpaired) electrons. The second-order valence-corrected chi connectivity index (χ2v) is 6.21. The number of nitrogens with zero attached hydrogens (tertiary/aromatic N) is 1. The standard InChI is InChI=1S/C16H22F2N2/c1-11(19)12-2-3-15-13(10-12)6-9-20(15)14-4-7-16(17,18)8-5-14/h2-3,10-11,14H,4-9,19H2,1H3/t11-/m1/s1. The minimum absolute atomic E-state index is 0.0292. The maximum atomic E-state index is 13.3. The Bertz CT molecular complexity index is 489. The predicted octanol–water partition coefficient (Wildman–Crippen LogP) is 3.65. The third-order valence-corrected chi connectivity index (χ3v) is 4.69. The molecule has 2 nitrogen and oxygen atoms in total. The quantitative estimate of drug-likeness (QED) is 0.896. The van der Waals surface area contributed by atoms with Crippen LogP contribution in [0.15, 0.2) is 18.2 Å². The van der Waals surface area contributed by atoms with E-state index in [1.54, 1.807) is 0 Å². The van der Waals surface area contributed by atoms with Gasteiger partial charge in [-0.25, -0.2) is 8.78 Å². The van der Waals surface area contributed by atoms with E-state index in [0.717, 1.165) is 18.5 Å². The molecule has 2 aliphatic rings. The van der Waals surface area contributed by atoms with Gasteiger partial charge in [-0.15, -0.1) is 0 Å². The Hall–Kier alpha value is -1.16. The van der Waals surface area contributed by atoms with Crippen molar-refractivity contribution in [2.24, 2.45) is 5.73 Å². The van der Waals surface area contributed by atoms with E-state index in [-0.39, 0.29) is 24.9 Å². The summed E-state index contributed by atoms with van der Waals surface area (Å²) in [5.41, 5.74) is 9.61. The van der Waals surface area contributed by atoms with Crippen LogP contribution in [0.2, 0.25) is 0 Å². The SMILES string of the molecule is C[C@@H](N)c1ccc2c(c1)CCN2C1CCC(F)(F)CC1. The van der Waals surface area contributed by atoms with Gasteiger partial charge < -0.3 is 10.6 Å². The van der Waals surface area contributed by atoms with E-state index < -0.39 is 5.92 Å². The average Bonchev–Trinajstić information content (AvgIpc) is 2.81. The number of alkyl halides is 2. The second kappa shape index (κ2) is 4.99. The number of benzene rings is 1. The Labute approximate surface area is 118 Å². The van der Waals surface area contributed by atoms with Crippen molar-refractivity contribution >= 4 is 5.69 Å². The van der Waals surface area contributed by atoms with Gasteiger partial charge in [0.1, 0.15) is 0 Å². The van der Waals surface area contributed by atoms with Crippen molar-refractivity contribution < 1.29 is 8.78 Å². The molecule has 1 aromatic carbocycles. The summed E-state index contributed by atoms with van der Waals surface area (Å²) in [6.07, 6.45) is 2.26. The van der Waals surface area contributed by atoms with Gasteiger partial charge in [-0.1, -0.05) is 12.1 Å². The lowest BCUT2D eigenvalue weighted by atomic mass is 9.91. The summed E-state index contributed by atoms with van der Waals surface area (Å²) in [6, 6.07) is 6.68. The fourth-order valence-electron chi connectivity index (χ4n) is 3.45. The van der Waals surface area contributed by atoms with Crippen LogP contribution in [-0.2, 0) is 6.42 Å². The van der Waals surface area contributed by atoms with Gasteiger partial charge in [-0.2, -0.15) is 0 Å². The lowest BCUT2D eigenvalue weighted by Gasteiger charge is -2.36. The Balaban J connectivity index is 1.77. The van der Waals surface area contributed by atoms with Gasteiger partial charge in [-0.05, 0) is 43.4 Å². The van der Waals surface area contributed by atoms with Crippen molar-refractivity contribution in [1.29, 1.82) is 0 Å². The van der Waals surface area contributed by atoms with Crippen molar-refractivity contribution in [3.05, 3.63) is 29.3 Å². The van der Waals surface area contributed by atoms with Gasteiger partial charge in [0, 0.05) is 37.2 Å². The zero-order chi connectivity index (χ0) is 14.3. The molecule has 4 heteroatoms. The summed E-state index contributed by atoms with van der Waals surface area (Å²) in [7, 11) is 0. The molecule has 3 rings (SSSR count). The monoisotopic (exact) mass is 280 g/mol. The molecular weight excluding hydrogens is 258 g/mol. The van der Waals surface area contributed by atoms with Crippen molar-refractivity contribution in [1.82, 2.24) is 0 Å². The summed E-state index contributed by atoms with van der Waals surface area (Å²) in [4.78, 5) is 2.33. The van der Waals surface area contributed by atoms with E-state index in [0.29, 0.717) is 12.8 Å². The average molecular weight is 280 g/mol. The van der Waals surface area contributed by atoms with Gasteiger partial charge in [0.05, 0.1) is 0 Å². The van der Waals surface area contributed by atoms with Crippen LogP contribution in [0.5, 0.6) is 0 Å². The zero-order valence-electron chi connectivity index (χ0n) is 11.9. The summed E-state index contributed by atoms with van der Waals surface area (Å²) in [5, 5.41) is 0. The minimum atomic E-state index is -2.45. The number of fused-ring (bicyclic) bond motifs is 1. The van der Waals surface area contributed by atoms with Crippen LogP contribution < -0.4 is 10.6 Å². The molecule has 2 N–H and O–H groups in total. The molecule has 0 aromatic heterocycles. The number of nitrogens with two attached hydrogens (primary N) is 1. The van der Waals surface area contributed by atoms with Crippen LogP contribution in [0.4, 0.5) is 14.5 Å². The Morgan fingerprint density at radius 3 is 2.65 bits per heavy atom. The van der Waals surface area contributed by atoms with E-state index in [4.69, 9.17) is 5.73 Å². The van der Waals surface area contributed by atoms with Crippen LogP contribution in [0.3, 0.4) is 0 Å². The highest BCUT2D eigenvalue weighted by atomic mass is 19.3. The highest BCUT2D eigenvalue weighted by Gasteiger charge is 2.38. The molecular formula is C16H22F2N2. The molecule has 0 spiro atoms. The Morgan fingerprint density at radius 1 is 1.30 bits per heavy atom. The summed E-state index contributed by atoms with van der Waals surface area (Å²) in [5.74, 6) is -2.45.